The van der Waals surface area contributed by atoms with Crippen LogP contribution in [0.1, 0.15) is 5.56 Å². The van der Waals surface area contributed by atoms with Gasteiger partial charge < -0.3 is 0 Å². The molecule has 0 saturated heterocycles. The van der Waals surface area contributed by atoms with Crippen molar-refractivity contribution < 1.29 is 23.0 Å². The van der Waals surface area contributed by atoms with Crippen molar-refractivity contribution in [1.82, 2.24) is 0 Å². The Labute approximate surface area is 119 Å². The third kappa shape index (κ3) is 3.34. The molecule has 22 heavy (non-hydrogen) atoms. The van der Waals surface area contributed by atoms with E-state index in [2.05, 4.69) is 11.9 Å². The molecule has 0 aromatic heterocycles. The lowest BCUT2D eigenvalue weighted by atomic mass is 10.1. The molecule has 0 bridgehead atoms. The molecule has 1 aromatic carbocycles. The first-order valence-corrected chi connectivity index (χ1v) is 5.39. The summed E-state index contributed by atoms with van der Waals surface area (Å²) in [6, 6.07) is 0.202. The van der Waals surface area contributed by atoms with Gasteiger partial charge in [0.1, 0.15) is 0 Å². The normalized spacial score (nSPS) is 10.9. The van der Waals surface area contributed by atoms with E-state index in [1.54, 1.807) is 0 Å². The van der Waals surface area contributed by atoms with Gasteiger partial charge in [0, 0.05) is 12.1 Å². The SMILES string of the molecule is C=CCN(N=O)c1c([N+](=O)[O-])cc(C(F)(F)F)cc1[N+](=O)[O-]. The van der Waals surface area contributed by atoms with Crippen LogP contribution in [0.25, 0.3) is 0 Å². The summed E-state index contributed by atoms with van der Waals surface area (Å²) in [5.74, 6) is 0. The summed E-state index contributed by atoms with van der Waals surface area (Å²) in [6.45, 7) is 2.76. The number of nitrogens with zero attached hydrogens (tertiary/aromatic N) is 4. The van der Waals surface area contributed by atoms with E-state index in [1.807, 2.05) is 0 Å². The summed E-state index contributed by atoms with van der Waals surface area (Å²) < 4.78 is 38.0. The fraction of sp³-hybridized carbons (Fsp3) is 0.200. The summed E-state index contributed by atoms with van der Waals surface area (Å²) in [4.78, 5) is 30.0. The molecule has 118 valence electrons. The Morgan fingerprint density at radius 1 is 1.23 bits per heavy atom. The molecule has 0 saturated carbocycles. The number of rotatable bonds is 6. The highest BCUT2D eigenvalue weighted by Crippen LogP contribution is 2.43. The van der Waals surface area contributed by atoms with Gasteiger partial charge >= 0.3 is 17.6 Å². The van der Waals surface area contributed by atoms with Gasteiger partial charge in [-0.15, -0.1) is 11.5 Å². The van der Waals surface area contributed by atoms with Crippen LogP contribution in [0.15, 0.2) is 30.1 Å². The first-order chi connectivity index (χ1) is 10.1. The van der Waals surface area contributed by atoms with E-state index in [0.717, 1.165) is 6.08 Å². The molecule has 1 aromatic rings. The van der Waals surface area contributed by atoms with Crippen LogP contribution in [-0.4, -0.2) is 16.4 Å². The highest BCUT2D eigenvalue weighted by molar-refractivity contribution is 5.76. The number of anilines is 1. The molecule has 0 spiro atoms. The monoisotopic (exact) mass is 320 g/mol. The number of benzene rings is 1. The molecule has 0 radical (unpaired) electrons. The number of nitro groups is 2. The lowest BCUT2D eigenvalue weighted by Crippen LogP contribution is -2.19. The van der Waals surface area contributed by atoms with Crippen LogP contribution in [0.4, 0.5) is 30.2 Å². The minimum atomic E-state index is -5.04. The smallest absolute Gasteiger partial charge is 0.258 e. The van der Waals surface area contributed by atoms with E-state index in [4.69, 9.17) is 0 Å². The van der Waals surface area contributed by atoms with Gasteiger partial charge in [-0.2, -0.15) is 13.2 Å². The molecule has 1 rings (SSSR count). The fourth-order valence-electron chi connectivity index (χ4n) is 1.60. The predicted molar refractivity (Wildman–Crippen MR) is 68.1 cm³/mol. The zero-order valence-electron chi connectivity index (χ0n) is 10.6. The van der Waals surface area contributed by atoms with Crippen LogP contribution in [0.2, 0.25) is 0 Å². The predicted octanol–water partition coefficient (Wildman–Crippen LogP) is 3.20. The van der Waals surface area contributed by atoms with Crippen LogP contribution in [-0.2, 0) is 6.18 Å². The first kappa shape index (κ1) is 17.0. The Kier molecular flexibility index (Phi) is 4.76. The number of hydrogen-bond acceptors (Lipinski definition) is 6. The molecule has 0 amide bonds. The zero-order chi connectivity index (χ0) is 17.1. The van der Waals surface area contributed by atoms with Gasteiger partial charge in [-0.05, 0) is 0 Å². The van der Waals surface area contributed by atoms with Crippen LogP contribution in [0, 0.1) is 25.1 Å². The molecule has 0 unspecified atom stereocenters. The van der Waals surface area contributed by atoms with Crippen molar-refractivity contribution in [3.05, 3.63) is 55.5 Å². The fourth-order valence-corrected chi connectivity index (χ4v) is 1.60. The molecule has 12 heteroatoms. The molecule has 9 nitrogen and oxygen atoms in total. The van der Waals surface area contributed by atoms with Gasteiger partial charge in [-0.25, -0.2) is 5.01 Å². The van der Waals surface area contributed by atoms with Gasteiger partial charge in [0.15, 0.2) is 0 Å². The van der Waals surface area contributed by atoms with Gasteiger partial charge in [0.2, 0.25) is 5.69 Å². The third-order valence-corrected chi connectivity index (χ3v) is 2.45. The quantitative estimate of drug-likeness (QED) is 0.343. The average molecular weight is 320 g/mol. The summed E-state index contributed by atoms with van der Waals surface area (Å²) >= 11 is 0. The van der Waals surface area contributed by atoms with E-state index in [9.17, 15) is 38.3 Å². The van der Waals surface area contributed by atoms with Crippen molar-refractivity contribution in [3.63, 3.8) is 0 Å². The van der Waals surface area contributed by atoms with Crippen molar-refractivity contribution in [1.29, 1.82) is 0 Å². The topological polar surface area (TPSA) is 119 Å². The number of alkyl halides is 3. The molecule has 0 atom stereocenters. The van der Waals surface area contributed by atoms with Crippen molar-refractivity contribution in [2.75, 3.05) is 11.6 Å². The Balaban J connectivity index is 3.79. The van der Waals surface area contributed by atoms with Gasteiger partial charge in [-0.1, -0.05) is 6.08 Å². The maximum Gasteiger partial charge on any atom is 0.416 e. The first-order valence-electron chi connectivity index (χ1n) is 5.39. The Hall–Kier alpha value is -3.05. The maximum absolute atomic E-state index is 12.7. The molecule has 0 fully saturated rings. The zero-order valence-corrected chi connectivity index (χ0v) is 10.6. The Bertz CT molecular complexity index is 611. The van der Waals surface area contributed by atoms with E-state index in [1.165, 1.54) is 0 Å². The molecule has 0 aliphatic carbocycles. The van der Waals surface area contributed by atoms with E-state index >= 15 is 0 Å². The molecule has 0 aliphatic heterocycles. The summed E-state index contributed by atoms with van der Waals surface area (Å²) in [7, 11) is 0. The minimum Gasteiger partial charge on any atom is -0.258 e. The minimum absolute atomic E-state index is 0.101. The largest absolute Gasteiger partial charge is 0.416 e. The second-order valence-electron chi connectivity index (χ2n) is 3.83. The highest BCUT2D eigenvalue weighted by atomic mass is 19.4. The summed E-state index contributed by atoms with van der Waals surface area (Å²) in [6.07, 6.45) is -3.99. The Morgan fingerprint density at radius 3 is 1.95 bits per heavy atom. The van der Waals surface area contributed by atoms with Crippen LogP contribution < -0.4 is 5.01 Å². The molecule has 0 N–H and O–H groups in total. The second kappa shape index (κ2) is 6.15. The van der Waals surface area contributed by atoms with Crippen molar-refractivity contribution in [2.45, 2.75) is 6.18 Å². The number of nitro benzene ring substituents is 2. The molecular weight excluding hydrogens is 313 g/mol. The van der Waals surface area contributed by atoms with Crippen LogP contribution in [0.5, 0.6) is 0 Å². The summed E-state index contributed by atoms with van der Waals surface area (Å²) in [5, 5.41) is 24.5. The Morgan fingerprint density at radius 2 is 1.68 bits per heavy atom. The standard InChI is InChI=1S/C10H7F3N4O5/c1-2-3-15(14-18)9-7(16(19)20)4-6(10(11,12)13)5-8(9)17(21)22/h2,4-5H,1,3H2. The van der Waals surface area contributed by atoms with Crippen LogP contribution >= 0.6 is 0 Å². The van der Waals surface area contributed by atoms with Crippen molar-refractivity contribution in [3.8, 4) is 0 Å². The maximum atomic E-state index is 12.7. The van der Waals surface area contributed by atoms with E-state index in [-0.39, 0.29) is 17.1 Å². The lowest BCUT2D eigenvalue weighted by Gasteiger charge is -2.15. The summed E-state index contributed by atoms with van der Waals surface area (Å²) in [5.41, 5.74) is -5.05. The molecule has 0 aliphatic rings. The van der Waals surface area contributed by atoms with Crippen LogP contribution in [0.3, 0.4) is 0 Å². The van der Waals surface area contributed by atoms with E-state index < -0.39 is 45.2 Å². The number of hydrogen-bond donors (Lipinski definition) is 0. The number of nitroso groups, excluding NO2 is 1. The van der Waals surface area contributed by atoms with Gasteiger partial charge in [-0.3, -0.25) is 20.2 Å². The number of halogens is 3. The van der Waals surface area contributed by atoms with E-state index in [0.29, 0.717) is 0 Å². The average Bonchev–Trinajstić information content (AvgIpc) is 2.42. The lowest BCUT2D eigenvalue weighted by molar-refractivity contribution is -0.393. The van der Waals surface area contributed by atoms with Gasteiger partial charge in [0.25, 0.3) is 0 Å². The third-order valence-electron chi connectivity index (χ3n) is 2.45. The van der Waals surface area contributed by atoms with Gasteiger partial charge in [0.05, 0.1) is 27.2 Å². The van der Waals surface area contributed by atoms with Crippen molar-refractivity contribution in [2.24, 2.45) is 5.29 Å². The molecular formula is C10H7F3N4O5. The highest BCUT2D eigenvalue weighted by Gasteiger charge is 2.39. The molecule has 0 heterocycles. The van der Waals surface area contributed by atoms with Crippen molar-refractivity contribution >= 4 is 17.1 Å². The second-order valence-corrected chi connectivity index (χ2v) is 3.83.